The topological polar surface area (TPSA) is 66.4 Å². The van der Waals surface area contributed by atoms with Gasteiger partial charge in [-0.15, -0.1) is 0 Å². The standard InChI is InChI=1S/C15H11BrINO3/c16-12-7-6-10(17)8-11(12)14(19)18-13(15(20)21)9-4-2-1-3-5-9/h1-8,13H,(H,18,19)(H,20,21). The molecule has 0 saturated carbocycles. The molecule has 1 unspecified atom stereocenters. The van der Waals surface area contributed by atoms with E-state index in [1.54, 1.807) is 42.5 Å². The number of hydrogen-bond acceptors (Lipinski definition) is 2. The van der Waals surface area contributed by atoms with Crippen LogP contribution in [0.15, 0.2) is 53.0 Å². The maximum Gasteiger partial charge on any atom is 0.330 e. The van der Waals surface area contributed by atoms with E-state index in [4.69, 9.17) is 0 Å². The molecular weight excluding hydrogens is 449 g/mol. The molecule has 2 rings (SSSR count). The molecule has 0 heterocycles. The van der Waals surface area contributed by atoms with Crippen LogP contribution in [0.25, 0.3) is 0 Å². The number of amides is 1. The van der Waals surface area contributed by atoms with Gasteiger partial charge >= 0.3 is 5.97 Å². The van der Waals surface area contributed by atoms with Crippen LogP contribution in [-0.4, -0.2) is 17.0 Å². The van der Waals surface area contributed by atoms with Gasteiger partial charge < -0.3 is 10.4 Å². The molecule has 0 aliphatic heterocycles. The lowest BCUT2D eigenvalue weighted by molar-refractivity contribution is -0.139. The molecule has 6 heteroatoms. The van der Waals surface area contributed by atoms with Gasteiger partial charge in [0.15, 0.2) is 6.04 Å². The van der Waals surface area contributed by atoms with E-state index in [0.29, 0.717) is 15.6 Å². The molecule has 2 N–H and O–H groups in total. The minimum atomic E-state index is -1.10. The number of carbonyl (C=O) groups is 2. The van der Waals surface area contributed by atoms with Crippen molar-refractivity contribution in [2.45, 2.75) is 6.04 Å². The predicted octanol–water partition coefficient (Wildman–Crippen LogP) is 3.61. The van der Waals surface area contributed by atoms with Crippen molar-refractivity contribution in [2.75, 3.05) is 0 Å². The molecule has 0 saturated heterocycles. The van der Waals surface area contributed by atoms with Crippen molar-refractivity contribution in [1.82, 2.24) is 5.32 Å². The third-order valence-electron chi connectivity index (χ3n) is 2.83. The Morgan fingerprint density at radius 1 is 1.14 bits per heavy atom. The van der Waals surface area contributed by atoms with Crippen molar-refractivity contribution in [2.24, 2.45) is 0 Å². The van der Waals surface area contributed by atoms with Gasteiger partial charge in [0.1, 0.15) is 0 Å². The van der Waals surface area contributed by atoms with Crippen LogP contribution in [0.5, 0.6) is 0 Å². The summed E-state index contributed by atoms with van der Waals surface area (Å²) in [4.78, 5) is 23.7. The minimum absolute atomic E-state index is 0.407. The molecule has 2 aromatic rings. The zero-order valence-corrected chi connectivity index (χ0v) is 14.5. The summed E-state index contributed by atoms with van der Waals surface area (Å²) in [5.41, 5.74) is 0.934. The molecule has 2 aromatic carbocycles. The van der Waals surface area contributed by atoms with Gasteiger partial charge in [0.2, 0.25) is 0 Å². The highest BCUT2D eigenvalue weighted by Gasteiger charge is 2.23. The lowest BCUT2D eigenvalue weighted by Crippen LogP contribution is -2.33. The van der Waals surface area contributed by atoms with E-state index in [2.05, 4.69) is 43.8 Å². The second-order valence-electron chi connectivity index (χ2n) is 4.28. The van der Waals surface area contributed by atoms with Gasteiger partial charge in [0, 0.05) is 8.04 Å². The number of halogens is 2. The number of aliphatic carboxylic acids is 1. The van der Waals surface area contributed by atoms with Gasteiger partial charge in [-0.25, -0.2) is 4.79 Å². The van der Waals surface area contributed by atoms with Crippen LogP contribution in [-0.2, 0) is 4.79 Å². The minimum Gasteiger partial charge on any atom is -0.479 e. The Hall–Kier alpha value is -1.41. The van der Waals surface area contributed by atoms with E-state index in [1.807, 2.05) is 6.07 Å². The van der Waals surface area contributed by atoms with Crippen molar-refractivity contribution in [3.63, 3.8) is 0 Å². The fourth-order valence-corrected chi connectivity index (χ4v) is 2.73. The van der Waals surface area contributed by atoms with Crippen molar-refractivity contribution < 1.29 is 14.7 Å². The molecule has 1 amide bonds. The molecule has 0 aromatic heterocycles. The summed E-state index contributed by atoms with van der Waals surface area (Å²) < 4.78 is 1.52. The molecule has 4 nitrogen and oxygen atoms in total. The van der Waals surface area contributed by atoms with Crippen LogP contribution in [0.3, 0.4) is 0 Å². The number of nitrogens with one attached hydrogen (secondary N) is 1. The third-order valence-corrected chi connectivity index (χ3v) is 4.19. The summed E-state index contributed by atoms with van der Waals surface area (Å²) in [6.07, 6.45) is 0. The lowest BCUT2D eigenvalue weighted by Gasteiger charge is -2.15. The van der Waals surface area contributed by atoms with Crippen LogP contribution in [0.1, 0.15) is 22.0 Å². The Bertz CT molecular complexity index is 676. The fourth-order valence-electron chi connectivity index (χ4n) is 1.81. The summed E-state index contributed by atoms with van der Waals surface area (Å²) in [5, 5.41) is 11.9. The van der Waals surface area contributed by atoms with E-state index in [9.17, 15) is 14.7 Å². The Labute approximate surface area is 143 Å². The maximum atomic E-state index is 12.3. The fraction of sp³-hybridized carbons (Fsp3) is 0.0667. The highest BCUT2D eigenvalue weighted by Crippen LogP contribution is 2.21. The van der Waals surface area contributed by atoms with Crippen LogP contribution < -0.4 is 5.32 Å². The van der Waals surface area contributed by atoms with Crippen molar-refractivity contribution in [3.8, 4) is 0 Å². The molecular formula is C15H11BrINO3. The summed E-state index contributed by atoms with van der Waals surface area (Å²) in [7, 11) is 0. The zero-order chi connectivity index (χ0) is 15.4. The highest BCUT2D eigenvalue weighted by atomic mass is 127. The first-order valence-electron chi connectivity index (χ1n) is 6.02. The van der Waals surface area contributed by atoms with E-state index in [-0.39, 0.29) is 0 Å². The Morgan fingerprint density at radius 3 is 2.43 bits per heavy atom. The summed E-state index contributed by atoms with van der Waals surface area (Å²) in [6.45, 7) is 0. The van der Waals surface area contributed by atoms with E-state index in [0.717, 1.165) is 3.57 Å². The van der Waals surface area contributed by atoms with Gasteiger partial charge in [-0.3, -0.25) is 4.79 Å². The summed E-state index contributed by atoms with van der Waals surface area (Å²) in [6, 6.07) is 12.8. The number of carboxylic acid groups (broad SMARTS) is 1. The Morgan fingerprint density at radius 2 is 1.81 bits per heavy atom. The van der Waals surface area contributed by atoms with Gasteiger partial charge in [0.25, 0.3) is 5.91 Å². The number of benzene rings is 2. The van der Waals surface area contributed by atoms with E-state index < -0.39 is 17.9 Å². The first kappa shape index (κ1) is 16.0. The SMILES string of the molecule is O=C(NC(C(=O)O)c1ccccc1)c1cc(I)ccc1Br. The molecule has 1 atom stereocenters. The third kappa shape index (κ3) is 4.04. The number of rotatable bonds is 4. The van der Waals surface area contributed by atoms with Gasteiger partial charge in [-0.1, -0.05) is 30.3 Å². The second-order valence-corrected chi connectivity index (χ2v) is 6.38. The van der Waals surface area contributed by atoms with Crippen LogP contribution in [0, 0.1) is 3.57 Å². The Balaban J connectivity index is 2.27. The van der Waals surface area contributed by atoms with Crippen molar-refractivity contribution >= 4 is 50.4 Å². The average molecular weight is 460 g/mol. The second kappa shape index (κ2) is 7.04. The van der Waals surface area contributed by atoms with Crippen LogP contribution in [0.2, 0.25) is 0 Å². The van der Waals surface area contributed by atoms with Gasteiger partial charge in [-0.2, -0.15) is 0 Å². The van der Waals surface area contributed by atoms with Crippen molar-refractivity contribution in [3.05, 3.63) is 67.7 Å². The van der Waals surface area contributed by atoms with Gasteiger partial charge in [0.05, 0.1) is 5.56 Å². The number of carboxylic acids is 1. The molecule has 0 aliphatic carbocycles. The predicted molar refractivity (Wildman–Crippen MR) is 91.1 cm³/mol. The van der Waals surface area contributed by atoms with E-state index >= 15 is 0 Å². The quantitative estimate of drug-likeness (QED) is 0.686. The molecule has 108 valence electrons. The molecule has 0 spiro atoms. The maximum absolute atomic E-state index is 12.3. The van der Waals surface area contributed by atoms with Crippen LogP contribution in [0.4, 0.5) is 0 Å². The first-order valence-corrected chi connectivity index (χ1v) is 7.90. The number of hydrogen-bond donors (Lipinski definition) is 2. The van der Waals surface area contributed by atoms with Crippen LogP contribution >= 0.6 is 38.5 Å². The molecule has 0 bridgehead atoms. The monoisotopic (exact) mass is 459 g/mol. The summed E-state index contributed by atoms with van der Waals surface area (Å²) >= 11 is 5.40. The lowest BCUT2D eigenvalue weighted by atomic mass is 10.1. The van der Waals surface area contributed by atoms with Crippen molar-refractivity contribution in [1.29, 1.82) is 0 Å². The average Bonchev–Trinajstić information content (AvgIpc) is 2.47. The normalized spacial score (nSPS) is 11.7. The summed E-state index contributed by atoms with van der Waals surface area (Å²) in [5.74, 6) is -1.53. The molecule has 0 aliphatic rings. The van der Waals surface area contributed by atoms with Gasteiger partial charge in [-0.05, 0) is 62.3 Å². The highest BCUT2D eigenvalue weighted by molar-refractivity contribution is 14.1. The number of carbonyl (C=O) groups excluding carboxylic acids is 1. The molecule has 0 radical (unpaired) electrons. The smallest absolute Gasteiger partial charge is 0.330 e. The van der Waals surface area contributed by atoms with E-state index in [1.165, 1.54) is 0 Å². The zero-order valence-electron chi connectivity index (χ0n) is 10.7. The Kier molecular flexibility index (Phi) is 5.35. The largest absolute Gasteiger partial charge is 0.479 e. The molecule has 0 fully saturated rings. The molecule has 21 heavy (non-hydrogen) atoms. The first-order chi connectivity index (χ1) is 9.99.